The van der Waals surface area contributed by atoms with Crippen molar-refractivity contribution in [2.45, 2.75) is 6.42 Å². The van der Waals surface area contributed by atoms with E-state index in [2.05, 4.69) is 0 Å². The number of rotatable bonds is 1. The number of carbonyl (C=O) groups excluding carboxylic acids is 1. The molecule has 5 heteroatoms. The molecule has 2 aromatic rings. The lowest BCUT2D eigenvalue weighted by Crippen LogP contribution is -2.29. The summed E-state index contributed by atoms with van der Waals surface area (Å²) in [5, 5.41) is 0. The van der Waals surface area contributed by atoms with E-state index in [9.17, 15) is 9.18 Å². The maximum absolute atomic E-state index is 14.0. The van der Waals surface area contributed by atoms with Crippen LogP contribution in [0.1, 0.15) is 15.9 Å². The highest BCUT2D eigenvalue weighted by atomic mass is 19.1. The number of halogens is 1. The Kier molecular flexibility index (Phi) is 2.60. The summed E-state index contributed by atoms with van der Waals surface area (Å²) in [6, 6.07) is 9.92. The summed E-state index contributed by atoms with van der Waals surface area (Å²) in [6.07, 6.45) is 0.670. The Balaban J connectivity index is 1.71. The van der Waals surface area contributed by atoms with Gasteiger partial charge in [-0.2, -0.15) is 0 Å². The zero-order valence-corrected chi connectivity index (χ0v) is 11.1. The minimum Gasteiger partial charge on any atom is -0.454 e. The van der Waals surface area contributed by atoms with Crippen LogP contribution in [-0.4, -0.2) is 19.2 Å². The van der Waals surface area contributed by atoms with E-state index < -0.39 is 0 Å². The standard InChI is InChI=1S/C16H12FNO3/c17-12-3-1-2-10-6-7-18(15(10)12)16(19)11-4-5-13-14(8-11)21-9-20-13/h1-5,8H,6-7,9H2. The third-order valence-electron chi connectivity index (χ3n) is 3.81. The molecule has 2 aromatic carbocycles. The fourth-order valence-corrected chi connectivity index (χ4v) is 2.80. The largest absolute Gasteiger partial charge is 0.454 e. The van der Waals surface area contributed by atoms with Gasteiger partial charge in [0.15, 0.2) is 11.5 Å². The molecule has 0 spiro atoms. The van der Waals surface area contributed by atoms with Gasteiger partial charge < -0.3 is 14.4 Å². The van der Waals surface area contributed by atoms with Crippen LogP contribution in [0.2, 0.25) is 0 Å². The Bertz CT molecular complexity index is 744. The first-order valence-electron chi connectivity index (χ1n) is 6.73. The number of hydrogen-bond donors (Lipinski definition) is 0. The first kappa shape index (κ1) is 12.2. The van der Waals surface area contributed by atoms with E-state index in [-0.39, 0.29) is 18.5 Å². The monoisotopic (exact) mass is 285 g/mol. The number of para-hydroxylation sites is 1. The van der Waals surface area contributed by atoms with Crippen LogP contribution in [0.15, 0.2) is 36.4 Å². The molecule has 0 aliphatic carbocycles. The van der Waals surface area contributed by atoms with Gasteiger partial charge in [-0.3, -0.25) is 4.79 Å². The summed E-state index contributed by atoms with van der Waals surface area (Å²) in [7, 11) is 0. The molecule has 0 unspecified atom stereocenters. The molecule has 0 fully saturated rings. The fraction of sp³-hybridized carbons (Fsp3) is 0.188. The minimum absolute atomic E-state index is 0.161. The molecular formula is C16H12FNO3. The molecule has 0 N–H and O–H groups in total. The number of amides is 1. The highest BCUT2D eigenvalue weighted by molar-refractivity contribution is 6.07. The second kappa shape index (κ2) is 4.48. The van der Waals surface area contributed by atoms with Crippen LogP contribution < -0.4 is 14.4 Å². The van der Waals surface area contributed by atoms with E-state index in [1.54, 1.807) is 24.3 Å². The second-order valence-electron chi connectivity index (χ2n) is 5.02. The number of fused-ring (bicyclic) bond motifs is 2. The highest BCUT2D eigenvalue weighted by Crippen LogP contribution is 2.35. The van der Waals surface area contributed by atoms with Gasteiger partial charge in [0, 0.05) is 12.1 Å². The van der Waals surface area contributed by atoms with Gasteiger partial charge in [0.2, 0.25) is 6.79 Å². The van der Waals surface area contributed by atoms with Gasteiger partial charge >= 0.3 is 0 Å². The van der Waals surface area contributed by atoms with Crippen molar-refractivity contribution in [3.05, 3.63) is 53.3 Å². The van der Waals surface area contributed by atoms with E-state index in [0.29, 0.717) is 35.7 Å². The van der Waals surface area contributed by atoms with E-state index in [4.69, 9.17) is 9.47 Å². The summed E-state index contributed by atoms with van der Waals surface area (Å²) in [5.41, 5.74) is 1.72. The van der Waals surface area contributed by atoms with Gasteiger partial charge in [-0.25, -0.2) is 4.39 Å². The molecule has 106 valence electrons. The number of ether oxygens (including phenoxy) is 2. The minimum atomic E-state index is -0.362. The van der Waals surface area contributed by atoms with Crippen molar-refractivity contribution >= 4 is 11.6 Å². The first-order chi connectivity index (χ1) is 10.2. The van der Waals surface area contributed by atoms with Crippen LogP contribution in [0.4, 0.5) is 10.1 Å². The van der Waals surface area contributed by atoms with Gasteiger partial charge in [-0.05, 0) is 36.2 Å². The van der Waals surface area contributed by atoms with Crippen molar-refractivity contribution < 1.29 is 18.7 Å². The SMILES string of the molecule is O=C(c1ccc2c(c1)OCO2)N1CCc2cccc(F)c21. The molecule has 0 atom stereocenters. The first-order valence-corrected chi connectivity index (χ1v) is 6.73. The topological polar surface area (TPSA) is 38.8 Å². The molecule has 21 heavy (non-hydrogen) atoms. The highest BCUT2D eigenvalue weighted by Gasteiger charge is 2.29. The molecule has 0 bridgehead atoms. The van der Waals surface area contributed by atoms with Crippen LogP contribution in [0.5, 0.6) is 11.5 Å². The summed E-state index contributed by atoms with van der Waals surface area (Å²) in [5.74, 6) is 0.588. The van der Waals surface area contributed by atoms with Gasteiger partial charge in [0.1, 0.15) is 5.82 Å². The molecule has 2 heterocycles. The molecule has 0 saturated heterocycles. The number of nitrogens with zero attached hydrogens (tertiary/aromatic N) is 1. The van der Waals surface area contributed by atoms with Crippen molar-refractivity contribution in [3.63, 3.8) is 0 Å². The molecule has 0 saturated carbocycles. The Labute approximate surface area is 120 Å². The van der Waals surface area contributed by atoms with Crippen LogP contribution in [0.25, 0.3) is 0 Å². The average Bonchev–Trinajstić information content (AvgIpc) is 3.13. The Hall–Kier alpha value is -2.56. The average molecular weight is 285 g/mol. The predicted octanol–water partition coefficient (Wildman–Crippen LogP) is 2.76. The lowest BCUT2D eigenvalue weighted by molar-refractivity contribution is 0.0988. The molecule has 0 radical (unpaired) electrons. The maximum atomic E-state index is 14.0. The van der Waals surface area contributed by atoms with E-state index >= 15 is 0 Å². The third kappa shape index (κ3) is 1.85. The Morgan fingerprint density at radius 1 is 1.14 bits per heavy atom. The predicted molar refractivity (Wildman–Crippen MR) is 74.3 cm³/mol. The molecule has 2 aliphatic rings. The summed E-state index contributed by atoms with van der Waals surface area (Å²) < 4.78 is 24.5. The van der Waals surface area contributed by atoms with Crippen molar-refractivity contribution in [3.8, 4) is 11.5 Å². The quantitative estimate of drug-likeness (QED) is 0.808. The number of benzene rings is 2. The zero-order chi connectivity index (χ0) is 14.4. The summed E-state index contributed by atoms with van der Waals surface area (Å²) >= 11 is 0. The van der Waals surface area contributed by atoms with Gasteiger partial charge in [-0.15, -0.1) is 0 Å². The van der Waals surface area contributed by atoms with E-state index in [0.717, 1.165) is 5.56 Å². The van der Waals surface area contributed by atoms with Gasteiger partial charge in [0.25, 0.3) is 5.91 Å². The van der Waals surface area contributed by atoms with Crippen LogP contribution in [-0.2, 0) is 6.42 Å². The summed E-state index contributed by atoms with van der Waals surface area (Å²) in [6.45, 7) is 0.650. The lowest BCUT2D eigenvalue weighted by Gasteiger charge is -2.18. The molecule has 0 aromatic heterocycles. The molecule has 2 aliphatic heterocycles. The normalized spacial score (nSPS) is 15.2. The van der Waals surface area contributed by atoms with Gasteiger partial charge in [-0.1, -0.05) is 12.1 Å². The Morgan fingerprint density at radius 3 is 2.90 bits per heavy atom. The molecule has 4 nitrogen and oxygen atoms in total. The second-order valence-corrected chi connectivity index (χ2v) is 5.02. The van der Waals surface area contributed by atoms with Crippen molar-refractivity contribution in [1.29, 1.82) is 0 Å². The van der Waals surface area contributed by atoms with Crippen molar-refractivity contribution in [2.75, 3.05) is 18.2 Å². The number of hydrogen-bond acceptors (Lipinski definition) is 3. The van der Waals surface area contributed by atoms with Crippen LogP contribution >= 0.6 is 0 Å². The fourth-order valence-electron chi connectivity index (χ4n) is 2.80. The summed E-state index contributed by atoms with van der Waals surface area (Å²) in [4.78, 5) is 14.1. The van der Waals surface area contributed by atoms with Crippen molar-refractivity contribution in [2.24, 2.45) is 0 Å². The lowest BCUT2D eigenvalue weighted by atomic mass is 10.1. The van der Waals surface area contributed by atoms with E-state index in [1.807, 2.05) is 6.07 Å². The Morgan fingerprint density at radius 2 is 2.00 bits per heavy atom. The van der Waals surface area contributed by atoms with E-state index in [1.165, 1.54) is 11.0 Å². The zero-order valence-electron chi connectivity index (χ0n) is 11.1. The maximum Gasteiger partial charge on any atom is 0.258 e. The molecule has 4 rings (SSSR count). The van der Waals surface area contributed by atoms with Crippen molar-refractivity contribution in [1.82, 2.24) is 0 Å². The van der Waals surface area contributed by atoms with Gasteiger partial charge in [0.05, 0.1) is 5.69 Å². The number of carbonyl (C=O) groups is 1. The van der Waals surface area contributed by atoms with Crippen LogP contribution in [0, 0.1) is 5.82 Å². The molecular weight excluding hydrogens is 273 g/mol. The molecule has 1 amide bonds. The number of anilines is 1. The van der Waals surface area contributed by atoms with Crippen LogP contribution in [0.3, 0.4) is 0 Å². The smallest absolute Gasteiger partial charge is 0.258 e. The third-order valence-corrected chi connectivity index (χ3v) is 3.81.